The Balaban J connectivity index is 2.36. The zero-order valence-electron chi connectivity index (χ0n) is 9.36. The van der Waals surface area contributed by atoms with Crippen LogP contribution in [0.5, 0.6) is 0 Å². The van der Waals surface area contributed by atoms with Crippen LogP contribution in [0, 0.1) is 5.92 Å². The predicted molar refractivity (Wildman–Crippen MR) is 61.4 cm³/mol. The lowest BCUT2D eigenvalue weighted by atomic mass is 10.1. The van der Waals surface area contributed by atoms with Crippen LogP contribution in [-0.4, -0.2) is 15.7 Å². The third kappa shape index (κ3) is 4.11. The summed E-state index contributed by atoms with van der Waals surface area (Å²) >= 11 is 1.24. The molecule has 0 aliphatic carbocycles. The minimum atomic E-state index is 0.234. The van der Waals surface area contributed by atoms with E-state index in [0.29, 0.717) is 12.5 Å². The molecule has 1 aromatic rings. The predicted octanol–water partition coefficient (Wildman–Crippen LogP) is 1.77. The Morgan fingerprint density at radius 1 is 1.47 bits per heavy atom. The summed E-state index contributed by atoms with van der Waals surface area (Å²) in [5.41, 5.74) is 3.33. The highest BCUT2D eigenvalue weighted by molar-refractivity contribution is 7.10. The van der Waals surface area contributed by atoms with Gasteiger partial charge in [-0.15, -0.1) is 5.10 Å². The highest BCUT2D eigenvalue weighted by Crippen LogP contribution is 2.18. The smallest absolute Gasteiger partial charge is 0.149 e. The highest BCUT2D eigenvalue weighted by Gasteiger charge is 2.10. The SMILES string of the molecule is CC(C)CC(C)OCc1nnsc1NN. The molecule has 0 saturated heterocycles. The Hall–Kier alpha value is -0.720. The quantitative estimate of drug-likeness (QED) is 0.575. The molecule has 1 rings (SSSR count). The molecule has 6 heteroatoms. The van der Waals surface area contributed by atoms with Crippen molar-refractivity contribution in [1.82, 2.24) is 9.59 Å². The summed E-state index contributed by atoms with van der Waals surface area (Å²) in [4.78, 5) is 0. The average Bonchev–Trinajstić information content (AvgIpc) is 2.60. The van der Waals surface area contributed by atoms with Gasteiger partial charge in [-0.05, 0) is 19.3 Å². The second-order valence-corrected chi connectivity index (χ2v) is 4.70. The minimum absolute atomic E-state index is 0.234. The molecule has 0 bridgehead atoms. The number of anilines is 1. The lowest BCUT2D eigenvalue weighted by molar-refractivity contribution is 0.0381. The molecule has 0 aromatic carbocycles. The van der Waals surface area contributed by atoms with Crippen LogP contribution in [0.1, 0.15) is 32.9 Å². The molecule has 3 N–H and O–H groups in total. The molecule has 0 saturated carbocycles. The number of rotatable bonds is 6. The first-order valence-electron chi connectivity index (χ1n) is 5.03. The van der Waals surface area contributed by atoms with Gasteiger partial charge in [0.05, 0.1) is 12.7 Å². The lowest BCUT2D eigenvalue weighted by Crippen LogP contribution is -2.13. The number of nitrogen functional groups attached to an aromatic ring is 1. The number of nitrogens with two attached hydrogens (primary N) is 1. The van der Waals surface area contributed by atoms with E-state index >= 15 is 0 Å². The molecule has 0 radical (unpaired) electrons. The second-order valence-electron chi connectivity index (χ2n) is 3.94. The van der Waals surface area contributed by atoms with Crippen molar-refractivity contribution in [3.63, 3.8) is 0 Å². The molecule has 0 aliphatic rings. The molecular formula is C9H18N4OS. The van der Waals surface area contributed by atoms with Crippen molar-refractivity contribution in [1.29, 1.82) is 0 Å². The number of hydrazine groups is 1. The third-order valence-corrected chi connectivity index (χ3v) is 2.69. The Morgan fingerprint density at radius 2 is 2.20 bits per heavy atom. The Labute approximate surface area is 94.1 Å². The van der Waals surface area contributed by atoms with Crippen LogP contribution in [0.25, 0.3) is 0 Å². The monoisotopic (exact) mass is 230 g/mol. The Bertz CT molecular complexity index is 289. The van der Waals surface area contributed by atoms with Crippen molar-refractivity contribution < 1.29 is 4.74 Å². The van der Waals surface area contributed by atoms with Gasteiger partial charge in [-0.3, -0.25) is 0 Å². The van der Waals surface area contributed by atoms with Crippen LogP contribution in [0.2, 0.25) is 0 Å². The number of aromatic nitrogens is 2. The first-order valence-corrected chi connectivity index (χ1v) is 5.80. The lowest BCUT2D eigenvalue weighted by Gasteiger charge is -2.14. The zero-order valence-corrected chi connectivity index (χ0v) is 10.2. The summed E-state index contributed by atoms with van der Waals surface area (Å²) < 4.78 is 9.45. The van der Waals surface area contributed by atoms with E-state index in [2.05, 4.69) is 35.8 Å². The number of nitrogens with one attached hydrogen (secondary N) is 1. The third-order valence-electron chi connectivity index (χ3n) is 1.99. The summed E-state index contributed by atoms with van der Waals surface area (Å²) in [5, 5.41) is 4.71. The van der Waals surface area contributed by atoms with Crippen molar-refractivity contribution in [2.24, 2.45) is 11.8 Å². The van der Waals surface area contributed by atoms with Gasteiger partial charge in [0.1, 0.15) is 10.7 Å². The molecule has 5 nitrogen and oxygen atoms in total. The van der Waals surface area contributed by atoms with Crippen LogP contribution in [0.4, 0.5) is 5.00 Å². The highest BCUT2D eigenvalue weighted by atomic mass is 32.1. The summed E-state index contributed by atoms with van der Waals surface area (Å²) in [6.07, 6.45) is 1.28. The van der Waals surface area contributed by atoms with Crippen LogP contribution in [0.15, 0.2) is 0 Å². The van der Waals surface area contributed by atoms with Crippen LogP contribution in [-0.2, 0) is 11.3 Å². The van der Waals surface area contributed by atoms with Crippen LogP contribution in [0.3, 0.4) is 0 Å². The molecule has 1 unspecified atom stereocenters. The summed E-state index contributed by atoms with van der Waals surface area (Å²) in [6.45, 7) is 6.88. The van der Waals surface area contributed by atoms with E-state index in [1.165, 1.54) is 11.5 Å². The molecule has 1 heterocycles. The summed E-state index contributed by atoms with van der Waals surface area (Å²) in [7, 11) is 0. The van der Waals surface area contributed by atoms with Crippen molar-refractivity contribution in [3.8, 4) is 0 Å². The first kappa shape index (κ1) is 12.4. The van der Waals surface area contributed by atoms with Crippen LogP contribution < -0.4 is 11.3 Å². The van der Waals surface area contributed by atoms with Crippen molar-refractivity contribution >= 4 is 16.5 Å². The van der Waals surface area contributed by atoms with E-state index in [4.69, 9.17) is 10.6 Å². The number of nitrogens with zero attached hydrogens (tertiary/aromatic N) is 2. The van der Waals surface area contributed by atoms with E-state index in [1.54, 1.807) is 0 Å². The van der Waals surface area contributed by atoms with Crippen molar-refractivity contribution in [2.75, 3.05) is 5.43 Å². The number of hydrogen-bond donors (Lipinski definition) is 2. The van der Waals surface area contributed by atoms with Gasteiger partial charge in [-0.2, -0.15) is 0 Å². The van der Waals surface area contributed by atoms with Gasteiger partial charge in [-0.25, -0.2) is 5.84 Å². The molecule has 0 amide bonds. The fraction of sp³-hybridized carbons (Fsp3) is 0.778. The van der Waals surface area contributed by atoms with E-state index in [9.17, 15) is 0 Å². The van der Waals surface area contributed by atoms with Gasteiger partial charge in [0.25, 0.3) is 0 Å². The summed E-state index contributed by atoms with van der Waals surface area (Å²) in [5.74, 6) is 5.95. The van der Waals surface area contributed by atoms with Gasteiger partial charge in [0.15, 0.2) is 0 Å². The summed E-state index contributed by atoms with van der Waals surface area (Å²) in [6, 6.07) is 0. The molecule has 0 spiro atoms. The van der Waals surface area contributed by atoms with Gasteiger partial charge >= 0.3 is 0 Å². The number of ether oxygens (including phenoxy) is 1. The fourth-order valence-electron chi connectivity index (χ4n) is 1.37. The average molecular weight is 230 g/mol. The number of hydrogen-bond acceptors (Lipinski definition) is 6. The van der Waals surface area contributed by atoms with E-state index in [-0.39, 0.29) is 6.10 Å². The van der Waals surface area contributed by atoms with Gasteiger partial charge in [0.2, 0.25) is 0 Å². The first-order chi connectivity index (χ1) is 7.13. The zero-order chi connectivity index (χ0) is 11.3. The van der Waals surface area contributed by atoms with E-state index in [0.717, 1.165) is 17.1 Å². The normalized spacial score (nSPS) is 13.1. The topological polar surface area (TPSA) is 73.1 Å². The second kappa shape index (κ2) is 5.99. The standard InChI is InChI=1S/C9H18N4OS/c1-6(2)4-7(3)14-5-8-9(11-10)15-13-12-8/h6-7,11H,4-5,10H2,1-3H3. The van der Waals surface area contributed by atoms with Crippen molar-refractivity contribution in [2.45, 2.75) is 39.9 Å². The Morgan fingerprint density at radius 3 is 2.80 bits per heavy atom. The molecular weight excluding hydrogens is 212 g/mol. The molecule has 0 aliphatic heterocycles. The van der Waals surface area contributed by atoms with Crippen molar-refractivity contribution in [3.05, 3.63) is 5.69 Å². The molecule has 1 atom stereocenters. The largest absolute Gasteiger partial charge is 0.372 e. The van der Waals surface area contributed by atoms with E-state index in [1.807, 2.05) is 0 Å². The maximum atomic E-state index is 5.65. The van der Waals surface area contributed by atoms with Crippen LogP contribution >= 0.6 is 11.5 Å². The molecule has 15 heavy (non-hydrogen) atoms. The Kier molecular flexibility index (Phi) is 4.93. The van der Waals surface area contributed by atoms with Gasteiger partial charge < -0.3 is 10.2 Å². The molecule has 1 aromatic heterocycles. The maximum Gasteiger partial charge on any atom is 0.149 e. The van der Waals surface area contributed by atoms with Gasteiger partial charge in [-0.1, -0.05) is 18.3 Å². The fourth-order valence-corrected chi connectivity index (χ4v) is 1.84. The van der Waals surface area contributed by atoms with E-state index < -0.39 is 0 Å². The molecule has 86 valence electrons. The minimum Gasteiger partial charge on any atom is -0.372 e. The van der Waals surface area contributed by atoms with Gasteiger partial charge in [0, 0.05) is 11.5 Å². The maximum absolute atomic E-state index is 5.65. The molecule has 0 fully saturated rings.